The Labute approximate surface area is 104 Å². The Kier molecular flexibility index (Phi) is 4.07. The van der Waals surface area contributed by atoms with Gasteiger partial charge < -0.3 is 4.74 Å². The lowest BCUT2D eigenvalue weighted by atomic mass is 10.1. The SMILES string of the molecule is FC(F)Oc1ccccc1C=Cc1ccccc1. The van der Waals surface area contributed by atoms with Crippen LogP contribution in [0.3, 0.4) is 0 Å². The van der Waals surface area contributed by atoms with Crippen LogP contribution in [0.25, 0.3) is 12.2 Å². The van der Waals surface area contributed by atoms with Gasteiger partial charge in [-0.2, -0.15) is 8.78 Å². The predicted molar refractivity (Wildman–Crippen MR) is 68.4 cm³/mol. The van der Waals surface area contributed by atoms with Crippen LogP contribution >= 0.6 is 0 Å². The fraction of sp³-hybridized carbons (Fsp3) is 0.0667. The van der Waals surface area contributed by atoms with Crippen molar-refractivity contribution in [3.63, 3.8) is 0 Å². The monoisotopic (exact) mass is 246 g/mol. The molecule has 0 saturated heterocycles. The van der Waals surface area contributed by atoms with E-state index in [-0.39, 0.29) is 5.75 Å². The van der Waals surface area contributed by atoms with Gasteiger partial charge in [0, 0.05) is 5.56 Å². The van der Waals surface area contributed by atoms with Crippen molar-refractivity contribution in [2.24, 2.45) is 0 Å². The minimum absolute atomic E-state index is 0.180. The summed E-state index contributed by atoms with van der Waals surface area (Å²) in [6, 6.07) is 16.3. The van der Waals surface area contributed by atoms with Crippen molar-refractivity contribution in [2.45, 2.75) is 6.61 Å². The first-order valence-electron chi connectivity index (χ1n) is 5.52. The highest BCUT2D eigenvalue weighted by Crippen LogP contribution is 2.22. The van der Waals surface area contributed by atoms with Crippen molar-refractivity contribution < 1.29 is 13.5 Å². The predicted octanol–water partition coefficient (Wildman–Crippen LogP) is 4.46. The van der Waals surface area contributed by atoms with E-state index in [9.17, 15) is 8.78 Å². The average Bonchev–Trinajstić information content (AvgIpc) is 2.38. The van der Waals surface area contributed by atoms with Gasteiger partial charge >= 0.3 is 6.61 Å². The fourth-order valence-electron chi connectivity index (χ4n) is 1.57. The Morgan fingerprint density at radius 1 is 0.833 bits per heavy atom. The smallest absolute Gasteiger partial charge is 0.387 e. The number of benzene rings is 2. The zero-order chi connectivity index (χ0) is 12.8. The molecule has 1 nitrogen and oxygen atoms in total. The van der Waals surface area contributed by atoms with Crippen molar-refractivity contribution in [3.8, 4) is 5.75 Å². The molecule has 0 bridgehead atoms. The number of rotatable bonds is 4. The second kappa shape index (κ2) is 5.96. The van der Waals surface area contributed by atoms with E-state index >= 15 is 0 Å². The average molecular weight is 246 g/mol. The summed E-state index contributed by atoms with van der Waals surface area (Å²) < 4.78 is 28.9. The molecule has 0 saturated carbocycles. The highest BCUT2D eigenvalue weighted by atomic mass is 19.3. The second-order valence-electron chi connectivity index (χ2n) is 3.66. The van der Waals surface area contributed by atoms with Crippen LogP contribution < -0.4 is 4.74 Å². The highest BCUT2D eigenvalue weighted by Gasteiger charge is 2.06. The maximum atomic E-state index is 12.2. The van der Waals surface area contributed by atoms with Crippen LogP contribution in [0.1, 0.15) is 11.1 Å². The molecular formula is C15H12F2O. The van der Waals surface area contributed by atoms with Gasteiger partial charge in [-0.25, -0.2) is 0 Å². The zero-order valence-electron chi connectivity index (χ0n) is 9.59. The van der Waals surface area contributed by atoms with E-state index in [2.05, 4.69) is 4.74 Å². The largest absolute Gasteiger partial charge is 0.434 e. The van der Waals surface area contributed by atoms with Crippen LogP contribution in [0.2, 0.25) is 0 Å². The minimum atomic E-state index is -2.81. The Balaban J connectivity index is 2.21. The van der Waals surface area contributed by atoms with Gasteiger partial charge in [-0.1, -0.05) is 60.7 Å². The molecule has 92 valence electrons. The summed E-state index contributed by atoms with van der Waals surface area (Å²) in [5.74, 6) is 0.180. The molecule has 2 aromatic rings. The van der Waals surface area contributed by atoms with Crippen LogP contribution in [0.15, 0.2) is 54.6 Å². The molecule has 2 rings (SSSR count). The molecule has 0 radical (unpaired) electrons. The fourth-order valence-corrected chi connectivity index (χ4v) is 1.57. The maximum Gasteiger partial charge on any atom is 0.387 e. The summed E-state index contributed by atoms with van der Waals surface area (Å²) >= 11 is 0. The first-order chi connectivity index (χ1) is 8.75. The van der Waals surface area contributed by atoms with Gasteiger partial charge in [0.15, 0.2) is 0 Å². The summed E-state index contributed by atoms with van der Waals surface area (Å²) in [4.78, 5) is 0. The summed E-state index contributed by atoms with van der Waals surface area (Å²) in [7, 11) is 0. The highest BCUT2D eigenvalue weighted by molar-refractivity contribution is 5.72. The van der Waals surface area contributed by atoms with Crippen LogP contribution in [-0.2, 0) is 0 Å². The number of hydrogen-bond donors (Lipinski definition) is 0. The molecular weight excluding hydrogens is 234 g/mol. The van der Waals surface area contributed by atoms with Crippen LogP contribution in [0, 0.1) is 0 Å². The Morgan fingerprint density at radius 2 is 1.50 bits per heavy atom. The van der Waals surface area contributed by atoms with Crippen molar-refractivity contribution in [1.29, 1.82) is 0 Å². The van der Waals surface area contributed by atoms with Gasteiger partial charge in [-0.05, 0) is 11.6 Å². The standard InChI is InChI=1S/C15H12F2O/c16-15(17)18-14-9-5-4-8-13(14)11-10-12-6-2-1-3-7-12/h1-11,15H. The molecule has 0 aliphatic rings. The van der Waals surface area contributed by atoms with E-state index in [1.807, 2.05) is 36.4 Å². The molecule has 0 amide bonds. The molecule has 0 heterocycles. The van der Waals surface area contributed by atoms with Crippen LogP contribution in [0.5, 0.6) is 5.75 Å². The molecule has 0 spiro atoms. The Bertz CT molecular complexity index is 521. The van der Waals surface area contributed by atoms with E-state index < -0.39 is 6.61 Å². The molecule has 0 fully saturated rings. The number of hydrogen-bond acceptors (Lipinski definition) is 1. The minimum Gasteiger partial charge on any atom is -0.434 e. The van der Waals surface area contributed by atoms with Crippen molar-refractivity contribution in [1.82, 2.24) is 0 Å². The Hall–Kier alpha value is -2.16. The lowest BCUT2D eigenvalue weighted by molar-refractivity contribution is -0.0499. The van der Waals surface area contributed by atoms with Crippen molar-refractivity contribution in [2.75, 3.05) is 0 Å². The molecule has 0 aromatic heterocycles. The summed E-state index contributed by atoms with van der Waals surface area (Å²) in [5, 5.41) is 0. The van der Waals surface area contributed by atoms with Crippen LogP contribution in [0.4, 0.5) is 8.78 Å². The topological polar surface area (TPSA) is 9.23 Å². The first kappa shape index (κ1) is 12.3. The number of alkyl halides is 2. The summed E-state index contributed by atoms with van der Waals surface area (Å²) in [5.41, 5.74) is 1.63. The van der Waals surface area contributed by atoms with Gasteiger partial charge in [0.05, 0.1) is 0 Å². The van der Waals surface area contributed by atoms with Gasteiger partial charge in [-0.15, -0.1) is 0 Å². The number of halogens is 2. The summed E-state index contributed by atoms with van der Waals surface area (Å²) in [6.07, 6.45) is 3.61. The molecule has 0 unspecified atom stereocenters. The molecule has 0 aliphatic heterocycles. The third-order valence-electron chi connectivity index (χ3n) is 2.39. The van der Waals surface area contributed by atoms with Gasteiger partial charge in [-0.3, -0.25) is 0 Å². The first-order valence-corrected chi connectivity index (χ1v) is 5.52. The zero-order valence-corrected chi connectivity index (χ0v) is 9.59. The lowest BCUT2D eigenvalue weighted by Gasteiger charge is -2.07. The van der Waals surface area contributed by atoms with E-state index in [0.29, 0.717) is 5.56 Å². The van der Waals surface area contributed by atoms with Gasteiger partial charge in [0.1, 0.15) is 5.75 Å². The molecule has 0 N–H and O–H groups in total. The third kappa shape index (κ3) is 3.42. The molecule has 0 atom stereocenters. The second-order valence-corrected chi connectivity index (χ2v) is 3.66. The Morgan fingerprint density at radius 3 is 2.22 bits per heavy atom. The third-order valence-corrected chi connectivity index (χ3v) is 2.39. The molecule has 0 aliphatic carbocycles. The van der Waals surface area contributed by atoms with E-state index in [1.54, 1.807) is 24.3 Å². The van der Waals surface area contributed by atoms with Crippen molar-refractivity contribution in [3.05, 3.63) is 65.7 Å². The van der Waals surface area contributed by atoms with E-state index in [4.69, 9.17) is 0 Å². The normalized spacial score (nSPS) is 11.1. The summed E-state index contributed by atoms with van der Waals surface area (Å²) in [6.45, 7) is -2.81. The van der Waals surface area contributed by atoms with Crippen molar-refractivity contribution >= 4 is 12.2 Å². The van der Waals surface area contributed by atoms with Gasteiger partial charge in [0.25, 0.3) is 0 Å². The lowest BCUT2D eigenvalue weighted by Crippen LogP contribution is -2.02. The number of para-hydroxylation sites is 1. The number of ether oxygens (including phenoxy) is 1. The maximum absolute atomic E-state index is 12.2. The van der Waals surface area contributed by atoms with Crippen LogP contribution in [-0.4, -0.2) is 6.61 Å². The molecule has 2 aromatic carbocycles. The van der Waals surface area contributed by atoms with Gasteiger partial charge in [0.2, 0.25) is 0 Å². The molecule has 18 heavy (non-hydrogen) atoms. The van der Waals surface area contributed by atoms with E-state index in [0.717, 1.165) is 5.56 Å². The molecule has 3 heteroatoms. The quantitative estimate of drug-likeness (QED) is 0.724. The van der Waals surface area contributed by atoms with E-state index in [1.165, 1.54) is 6.07 Å².